The lowest BCUT2D eigenvalue weighted by atomic mass is 10.0. The van der Waals surface area contributed by atoms with E-state index in [1.54, 1.807) is 24.3 Å². The van der Waals surface area contributed by atoms with E-state index in [1.165, 1.54) is 6.08 Å². The fraction of sp³-hybridized carbons (Fsp3) is 0.156. The predicted molar refractivity (Wildman–Crippen MR) is 148 cm³/mol. The molecule has 3 aromatic carbocycles. The van der Waals surface area contributed by atoms with Crippen LogP contribution in [0.1, 0.15) is 30.0 Å². The predicted octanol–water partition coefficient (Wildman–Crippen LogP) is 6.29. The van der Waals surface area contributed by atoms with Gasteiger partial charge in [0.2, 0.25) is 0 Å². The van der Waals surface area contributed by atoms with Gasteiger partial charge in [-0.05, 0) is 58.5 Å². The van der Waals surface area contributed by atoms with E-state index >= 15 is 0 Å². The number of hydrogen-bond donors (Lipinski definition) is 0. The molecule has 0 amide bonds. The molecule has 0 fully saturated rings. The molecule has 0 aromatic heterocycles. The van der Waals surface area contributed by atoms with Gasteiger partial charge in [-0.2, -0.15) is 0 Å². The summed E-state index contributed by atoms with van der Waals surface area (Å²) in [5.41, 5.74) is 4.71. The van der Waals surface area contributed by atoms with Gasteiger partial charge in [0.05, 0.1) is 6.61 Å². The summed E-state index contributed by atoms with van der Waals surface area (Å²) < 4.78 is 15.8. The van der Waals surface area contributed by atoms with Gasteiger partial charge in [0.1, 0.15) is 11.5 Å². The first-order valence-electron chi connectivity index (χ1n) is 12.3. The number of rotatable bonds is 12. The average molecular weight is 511 g/mol. The number of carbonyl (C=O) groups excluding carboxylic acids is 3. The minimum absolute atomic E-state index is 0.257. The lowest BCUT2D eigenvalue weighted by Crippen LogP contribution is -2.07. The highest BCUT2D eigenvalue weighted by Crippen LogP contribution is 2.24. The summed E-state index contributed by atoms with van der Waals surface area (Å²) in [6, 6.07) is 20.5. The molecule has 0 radical (unpaired) electrons. The normalized spacial score (nSPS) is 10.6. The Morgan fingerprint density at radius 2 is 1.42 bits per heavy atom. The first-order valence-corrected chi connectivity index (χ1v) is 12.3. The molecule has 0 aliphatic heterocycles. The second kappa shape index (κ2) is 14.1. The molecule has 6 heteroatoms. The zero-order chi connectivity index (χ0) is 27.3. The van der Waals surface area contributed by atoms with E-state index in [-0.39, 0.29) is 6.61 Å². The first kappa shape index (κ1) is 27.9. The Bertz CT molecular complexity index is 1320. The van der Waals surface area contributed by atoms with Crippen molar-refractivity contribution in [1.29, 1.82) is 0 Å². The van der Waals surface area contributed by atoms with E-state index in [9.17, 15) is 14.4 Å². The molecule has 38 heavy (non-hydrogen) atoms. The van der Waals surface area contributed by atoms with Crippen LogP contribution >= 0.6 is 0 Å². The van der Waals surface area contributed by atoms with Gasteiger partial charge in [-0.3, -0.25) is 0 Å². The Hall–Kier alpha value is -4.71. The Balaban J connectivity index is 1.60. The number of ether oxygens (including phenoxy) is 3. The van der Waals surface area contributed by atoms with E-state index in [0.29, 0.717) is 17.9 Å². The van der Waals surface area contributed by atoms with Crippen molar-refractivity contribution >= 4 is 24.0 Å². The van der Waals surface area contributed by atoms with Gasteiger partial charge in [-0.15, -0.1) is 0 Å². The first-order chi connectivity index (χ1) is 18.4. The van der Waals surface area contributed by atoms with Crippen LogP contribution in [0.15, 0.2) is 98.1 Å². The molecule has 0 aliphatic rings. The van der Waals surface area contributed by atoms with Crippen LogP contribution in [0.25, 0.3) is 17.2 Å². The van der Waals surface area contributed by atoms with Crippen LogP contribution in [0.5, 0.6) is 11.5 Å². The van der Waals surface area contributed by atoms with Gasteiger partial charge in [-0.25, -0.2) is 14.4 Å². The Kier molecular flexibility index (Phi) is 10.4. The molecule has 0 N–H and O–H groups in total. The van der Waals surface area contributed by atoms with Crippen molar-refractivity contribution in [3.05, 3.63) is 115 Å². The molecule has 3 aromatic rings. The van der Waals surface area contributed by atoms with Crippen molar-refractivity contribution in [3.63, 3.8) is 0 Å². The molecule has 0 atom stereocenters. The molecule has 0 bridgehead atoms. The maximum Gasteiger partial charge on any atom is 0.336 e. The maximum atomic E-state index is 12.5. The molecular weight excluding hydrogens is 480 g/mol. The molecule has 6 nitrogen and oxygen atoms in total. The molecule has 0 aliphatic carbocycles. The average Bonchev–Trinajstić information content (AvgIpc) is 2.94. The quantitative estimate of drug-likeness (QED) is 0.162. The SMILES string of the molecule is C=CC(=O)OCCc1ccc(OC(=O)C=Cc2ccc(-c3ccc(OC(=O)C=C)cc3)cc2)c(CCC)c1. The minimum atomic E-state index is -0.505. The largest absolute Gasteiger partial charge is 0.462 e. The third kappa shape index (κ3) is 8.45. The van der Waals surface area contributed by atoms with Crippen molar-refractivity contribution in [3.8, 4) is 22.6 Å². The number of carbonyl (C=O) groups is 3. The highest BCUT2D eigenvalue weighted by Gasteiger charge is 2.09. The van der Waals surface area contributed by atoms with E-state index in [2.05, 4.69) is 20.1 Å². The van der Waals surface area contributed by atoms with Crippen molar-refractivity contribution in [1.82, 2.24) is 0 Å². The number of benzene rings is 3. The van der Waals surface area contributed by atoms with E-state index in [1.807, 2.05) is 48.5 Å². The van der Waals surface area contributed by atoms with E-state index in [0.717, 1.165) is 52.8 Å². The molecule has 0 unspecified atom stereocenters. The van der Waals surface area contributed by atoms with Gasteiger partial charge in [0.15, 0.2) is 0 Å². The lowest BCUT2D eigenvalue weighted by Gasteiger charge is -2.11. The Morgan fingerprint density at radius 1 is 0.763 bits per heavy atom. The topological polar surface area (TPSA) is 78.9 Å². The summed E-state index contributed by atoms with van der Waals surface area (Å²) in [6.45, 7) is 9.08. The highest BCUT2D eigenvalue weighted by molar-refractivity contribution is 5.89. The Labute approximate surface area is 222 Å². The van der Waals surface area contributed by atoms with Crippen molar-refractivity contribution in [2.24, 2.45) is 0 Å². The molecule has 0 saturated heterocycles. The number of aryl methyl sites for hydroxylation is 1. The third-order valence-corrected chi connectivity index (χ3v) is 5.55. The molecular formula is C32H30O6. The smallest absolute Gasteiger partial charge is 0.336 e. The van der Waals surface area contributed by atoms with Gasteiger partial charge in [-0.1, -0.05) is 75.0 Å². The summed E-state index contributed by atoms with van der Waals surface area (Å²) in [4.78, 5) is 35.0. The lowest BCUT2D eigenvalue weighted by molar-refractivity contribution is -0.137. The van der Waals surface area contributed by atoms with E-state index < -0.39 is 17.9 Å². The van der Waals surface area contributed by atoms with Crippen LogP contribution in [-0.4, -0.2) is 24.5 Å². The van der Waals surface area contributed by atoms with Crippen LogP contribution in [0, 0.1) is 0 Å². The third-order valence-electron chi connectivity index (χ3n) is 5.55. The van der Waals surface area contributed by atoms with Crippen LogP contribution in [-0.2, 0) is 32.0 Å². The van der Waals surface area contributed by atoms with E-state index in [4.69, 9.17) is 14.2 Å². The molecule has 0 heterocycles. The summed E-state index contributed by atoms with van der Waals surface area (Å²) in [6.07, 6.45) is 7.56. The van der Waals surface area contributed by atoms with Crippen molar-refractivity contribution in [2.45, 2.75) is 26.2 Å². The molecule has 0 spiro atoms. The van der Waals surface area contributed by atoms with Gasteiger partial charge in [0, 0.05) is 24.6 Å². The number of hydrogen-bond acceptors (Lipinski definition) is 6. The zero-order valence-electron chi connectivity index (χ0n) is 21.4. The van der Waals surface area contributed by atoms with Gasteiger partial charge >= 0.3 is 17.9 Å². The van der Waals surface area contributed by atoms with Gasteiger partial charge in [0.25, 0.3) is 0 Å². The monoisotopic (exact) mass is 510 g/mol. The maximum absolute atomic E-state index is 12.5. The standard InChI is InChI=1S/C32H30O6/c1-4-7-27-22-24(20-21-36-30(33)5-2)10-18-29(27)38-32(35)19-11-23-8-12-25(13-9-23)26-14-16-28(17-15-26)37-31(34)6-3/h5-6,8-19,22H,2-4,7,20-21H2,1H3. The van der Waals surface area contributed by atoms with Crippen LogP contribution in [0.3, 0.4) is 0 Å². The summed E-state index contributed by atoms with van der Waals surface area (Å²) in [5.74, 6) is -0.458. The van der Waals surface area contributed by atoms with Crippen molar-refractivity contribution < 1.29 is 28.6 Å². The molecule has 194 valence electrons. The minimum Gasteiger partial charge on any atom is -0.462 e. The second-order valence-corrected chi connectivity index (χ2v) is 8.34. The second-order valence-electron chi connectivity index (χ2n) is 8.34. The molecule has 3 rings (SSSR count). The zero-order valence-corrected chi connectivity index (χ0v) is 21.4. The highest BCUT2D eigenvalue weighted by atomic mass is 16.5. The number of esters is 3. The van der Waals surface area contributed by atoms with Crippen LogP contribution in [0.2, 0.25) is 0 Å². The summed E-state index contributed by atoms with van der Waals surface area (Å²) >= 11 is 0. The fourth-order valence-electron chi connectivity index (χ4n) is 3.65. The summed E-state index contributed by atoms with van der Waals surface area (Å²) in [5, 5.41) is 0. The van der Waals surface area contributed by atoms with Crippen LogP contribution in [0.4, 0.5) is 0 Å². The molecule has 0 saturated carbocycles. The van der Waals surface area contributed by atoms with Crippen molar-refractivity contribution in [2.75, 3.05) is 6.61 Å². The van der Waals surface area contributed by atoms with Crippen LogP contribution < -0.4 is 9.47 Å². The van der Waals surface area contributed by atoms with Gasteiger partial charge < -0.3 is 14.2 Å². The summed E-state index contributed by atoms with van der Waals surface area (Å²) in [7, 11) is 0. The Morgan fingerprint density at radius 3 is 2.05 bits per heavy atom. The fourth-order valence-corrected chi connectivity index (χ4v) is 3.65.